The van der Waals surface area contributed by atoms with Crippen molar-refractivity contribution in [3.63, 3.8) is 0 Å². The molecule has 0 saturated carbocycles. The Morgan fingerprint density at radius 2 is 1.74 bits per heavy atom. The van der Waals surface area contributed by atoms with Gasteiger partial charge in [-0.1, -0.05) is 58.4 Å². The van der Waals surface area contributed by atoms with Gasteiger partial charge in [0.1, 0.15) is 18.1 Å². The molecule has 0 heterocycles. The highest BCUT2D eigenvalue weighted by Crippen LogP contribution is 2.25. The van der Waals surface area contributed by atoms with E-state index in [4.69, 9.17) is 9.47 Å². The molecule has 0 radical (unpaired) electrons. The van der Waals surface area contributed by atoms with Crippen molar-refractivity contribution in [2.45, 2.75) is 27.4 Å². The number of aryl methyl sites for hydroxylation is 2. The predicted molar refractivity (Wildman–Crippen MR) is 127 cm³/mol. The lowest BCUT2D eigenvalue weighted by Gasteiger charge is -2.13. The van der Waals surface area contributed by atoms with Gasteiger partial charge in [0.25, 0.3) is 5.91 Å². The number of ether oxygens (including phenoxy) is 2. The fourth-order valence-corrected chi connectivity index (χ4v) is 3.36. The number of nitrogens with zero attached hydrogens (tertiary/aromatic N) is 1. The summed E-state index contributed by atoms with van der Waals surface area (Å²) in [6, 6.07) is 19.6. The summed E-state index contributed by atoms with van der Waals surface area (Å²) in [6.45, 7) is 6.29. The number of carbonyl (C=O) groups is 1. The second kappa shape index (κ2) is 10.8. The highest BCUT2D eigenvalue weighted by atomic mass is 79.9. The molecule has 1 N–H and O–H groups in total. The maximum Gasteiger partial charge on any atom is 0.277 e. The number of rotatable bonds is 8. The minimum absolute atomic E-state index is 0.113. The molecule has 0 aromatic heterocycles. The van der Waals surface area contributed by atoms with Crippen molar-refractivity contribution < 1.29 is 14.3 Å². The van der Waals surface area contributed by atoms with Crippen LogP contribution in [0.2, 0.25) is 0 Å². The van der Waals surface area contributed by atoms with Crippen LogP contribution in [0.5, 0.6) is 11.5 Å². The van der Waals surface area contributed by atoms with Gasteiger partial charge in [0.05, 0.1) is 6.21 Å². The first-order valence-electron chi connectivity index (χ1n) is 9.92. The molecule has 160 valence electrons. The molecule has 0 fully saturated rings. The van der Waals surface area contributed by atoms with Crippen LogP contribution in [-0.4, -0.2) is 18.7 Å². The maximum absolute atomic E-state index is 12.2. The Kier molecular flexibility index (Phi) is 7.84. The van der Waals surface area contributed by atoms with Crippen molar-refractivity contribution >= 4 is 28.1 Å². The summed E-state index contributed by atoms with van der Waals surface area (Å²) in [5.41, 5.74) is 7.48. The molecule has 0 aliphatic rings. The van der Waals surface area contributed by atoms with Gasteiger partial charge in [0.15, 0.2) is 6.61 Å². The van der Waals surface area contributed by atoms with Crippen LogP contribution in [-0.2, 0) is 11.4 Å². The van der Waals surface area contributed by atoms with E-state index in [1.165, 1.54) is 0 Å². The lowest BCUT2D eigenvalue weighted by Crippen LogP contribution is -2.25. The molecule has 31 heavy (non-hydrogen) atoms. The van der Waals surface area contributed by atoms with E-state index < -0.39 is 0 Å². The molecule has 0 bridgehead atoms. The van der Waals surface area contributed by atoms with Crippen molar-refractivity contribution in [2.75, 3.05) is 6.61 Å². The average Bonchev–Trinajstić information content (AvgIpc) is 2.76. The number of nitrogens with one attached hydrogen (secondary N) is 1. The van der Waals surface area contributed by atoms with Gasteiger partial charge < -0.3 is 9.47 Å². The Labute approximate surface area is 191 Å². The fraction of sp³-hybridized carbons (Fsp3) is 0.200. The summed E-state index contributed by atoms with van der Waals surface area (Å²) in [6.07, 6.45) is 1.56. The minimum Gasteiger partial charge on any atom is -0.488 e. The Bertz CT molecular complexity index is 1080. The maximum atomic E-state index is 12.2. The zero-order chi connectivity index (χ0) is 22.2. The Balaban J connectivity index is 1.59. The van der Waals surface area contributed by atoms with Crippen LogP contribution in [0.3, 0.4) is 0 Å². The first-order chi connectivity index (χ1) is 14.9. The van der Waals surface area contributed by atoms with Crippen molar-refractivity contribution in [3.8, 4) is 11.5 Å². The van der Waals surface area contributed by atoms with Gasteiger partial charge in [0, 0.05) is 10.0 Å². The standard InChI is InChI=1S/C25H25BrN2O3/c1-17-9-10-18(2)25(19(17)3)31-16-24(29)28-27-14-21-13-22(26)11-12-23(21)30-15-20-7-5-4-6-8-20/h4-14H,15-16H2,1-3H3,(H,28,29)/b27-14+. The van der Waals surface area contributed by atoms with Crippen LogP contribution in [0.15, 0.2) is 70.2 Å². The molecule has 1 amide bonds. The molecule has 3 aromatic rings. The van der Waals surface area contributed by atoms with E-state index in [0.29, 0.717) is 12.4 Å². The lowest BCUT2D eigenvalue weighted by molar-refractivity contribution is -0.123. The fourth-order valence-electron chi connectivity index (χ4n) is 2.98. The first kappa shape index (κ1) is 22.6. The topological polar surface area (TPSA) is 59.9 Å². The Morgan fingerprint density at radius 3 is 2.52 bits per heavy atom. The highest BCUT2D eigenvalue weighted by Gasteiger charge is 2.09. The molecule has 0 atom stereocenters. The van der Waals surface area contributed by atoms with Crippen LogP contribution < -0.4 is 14.9 Å². The van der Waals surface area contributed by atoms with Gasteiger partial charge in [-0.15, -0.1) is 0 Å². The van der Waals surface area contributed by atoms with E-state index >= 15 is 0 Å². The second-order valence-corrected chi connectivity index (χ2v) is 8.11. The zero-order valence-corrected chi connectivity index (χ0v) is 19.4. The Morgan fingerprint density at radius 1 is 1.00 bits per heavy atom. The minimum atomic E-state index is -0.335. The predicted octanol–water partition coefficient (Wildman–Crippen LogP) is 5.48. The normalized spacial score (nSPS) is 10.8. The zero-order valence-electron chi connectivity index (χ0n) is 17.8. The average molecular weight is 481 g/mol. The summed E-state index contributed by atoms with van der Waals surface area (Å²) in [5.74, 6) is 1.08. The summed E-state index contributed by atoms with van der Waals surface area (Å²) < 4.78 is 12.5. The second-order valence-electron chi connectivity index (χ2n) is 7.19. The molecule has 0 aliphatic carbocycles. The van der Waals surface area contributed by atoms with Crippen LogP contribution >= 0.6 is 15.9 Å². The van der Waals surface area contributed by atoms with E-state index in [2.05, 4.69) is 26.5 Å². The summed E-state index contributed by atoms with van der Waals surface area (Å²) in [7, 11) is 0. The molecule has 0 spiro atoms. The third-order valence-corrected chi connectivity index (χ3v) is 5.32. The number of benzene rings is 3. The molecule has 0 aliphatic heterocycles. The molecule has 6 heteroatoms. The monoisotopic (exact) mass is 480 g/mol. The largest absolute Gasteiger partial charge is 0.488 e. The van der Waals surface area contributed by atoms with Crippen molar-refractivity contribution in [2.24, 2.45) is 5.10 Å². The number of hydrogen-bond acceptors (Lipinski definition) is 4. The van der Waals surface area contributed by atoms with Gasteiger partial charge in [-0.3, -0.25) is 4.79 Å². The molecule has 3 rings (SSSR count). The van der Waals surface area contributed by atoms with Crippen molar-refractivity contribution in [1.29, 1.82) is 0 Å². The third-order valence-electron chi connectivity index (χ3n) is 4.82. The number of hydrogen-bond donors (Lipinski definition) is 1. The molecule has 3 aromatic carbocycles. The number of carbonyl (C=O) groups excluding carboxylic acids is 1. The van der Waals surface area contributed by atoms with Gasteiger partial charge in [0.2, 0.25) is 0 Å². The van der Waals surface area contributed by atoms with Crippen molar-refractivity contribution in [1.82, 2.24) is 5.43 Å². The van der Waals surface area contributed by atoms with E-state index in [1.54, 1.807) is 6.21 Å². The van der Waals surface area contributed by atoms with Crippen LogP contribution in [0.25, 0.3) is 0 Å². The Hall–Kier alpha value is -3.12. The van der Waals surface area contributed by atoms with Gasteiger partial charge in [-0.25, -0.2) is 5.43 Å². The molecular weight excluding hydrogens is 456 g/mol. The smallest absolute Gasteiger partial charge is 0.277 e. The summed E-state index contributed by atoms with van der Waals surface area (Å²) in [5, 5.41) is 4.07. The van der Waals surface area contributed by atoms with E-state index in [1.807, 2.05) is 81.4 Å². The van der Waals surface area contributed by atoms with Crippen molar-refractivity contribution in [3.05, 3.63) is 93.0 Å². The number of amides is 1. The van der Waals surface area contributed by atoms with Crippen LogP contribution in [0.1, 0.15) is 27.8 Å². The van der Waals surface area contributed by atoms with Crippen LogP contribution in [0, 0.1) is 20.8 Å². The number of halogens is 1. The summed E-state index contributed by atoms with van der Waals surface area (Å²) >= 11 is 3.46. The molecular formula is C25H25BrN2O3. The molecule has 0 unspecified atom stereocenters. The van der Waals surface area contributed by atoms with Gasteiger partial charge in [-0.2, -0.15) is 5.10 Å². The highest BCUT2D eigenvalue weighted by molar-refractivity contribution is 9.10. The summed E-state index contributed by atoms with van der Waals surface area (Å²) in [4.78, 5) is 12.2. The quantitative estimate of drug-likeness (QED) is 0.342. The third kappa shape index (κ3) is 6.43. The SMILES string of the molecule is Cc1ccc(C)c(OCC(=O)N/N=C/c2cc(Br)ccc2OCc2ccccc2)c1C. The molecule has 0 saturated heterocycles. The molecule has 5 nitrogen and oxygen atoms in total. The van der Waals surface area contributed by atoms with E-state index in [-0.39, 0.29) is 12.5 Å². The number of hydrazone groups is 1. The van der Waals surface area contributed by atoms with E-state index in [0.717, 1.165) is 38.0 Å². The van der Waals surface area contributed by atoms with E-state index in [9.17, 15) is 4.79 Å². The first-order valence-corrected chi connectivity index (χ1v) is 10.7. The van der Waals surface area contributed by atoms with Gasteiger partial charge in [-0.05, 0) is 61.2 Å². The van der Waals surface area contributed by atoms with Gasteiger partial charge >= 0.3 is 0 Å². The lowest BCUT2D eigenvalue weighted by atomic mass is 10.1. The van der Waals surface area contributed by atoms with Crippen LogP contribution in [0.4, 0.5) is 0 Å².